The molecule has 2 nitrogen and oxygen atoms in total. The lowest BCUT2D eigenvalue weighted by molar-refractivity contribution is 0.497. The smallest absolute Gasteiger partial charge is 0.129 e. The summed E-state index contributed by atoms with van der Waals surface area (Å²) < 4.78 is 14.9. The highest BCUT2D eigenvalue weighted by atomic mass is 79.9. The summed E-state index contributed by atoms with van der Waals surface area (Å²) in [7, 11) is 0. The molecule has 102 valence electrons. The molecule has 5 heteroatoms. The van der Waals surface area contributed by atoms with Gasteiger partial charge >= 0.3 is 0 Å². The topological polar surface area (TPSA) is 24.9 Å². The van der Waals surface area contributed by atoms with Crippen LogP contribution in [0, 0.1) is 5.82 Å². The lowest BCUT2D eigenvalue weighted by Crippen LogP contribution is -2.25. The molecule has 0 aliphatic heterocycles. The Morgan fingerprint density at radius 2 is 2.32 bits per heavy atom. The van der Waals surface area contributed by atoms with Crippen LogP contribution >= 0.6 is 27.3 Å². The normalized spacial score (nSPS) is 12.6. The van der Waals surface area contributed by atoms with Gasteiger partial charge in [0.2, 0.25) is 0 Å². The molecule has 1 aromatic heterocycles. The number of hydrogen-bond donors (Lipinski definition) is 1. The van der Waals surface area contributed by atoms with Gasteiger partial charge in [-0.1, -0.05) is 28.9 Å². The Balaban J connectivity index is 2.26. The Hall–Kier alpha value is -0.780. The molecule has 0 aliphatic carbocycles. The molecule has 1 heterocycles. The second-order valence-corrected chi connectivity index (χ2v) is 6.14. The van der Waals surface area contributed by atoms with Crippen molar-refractivity contribution in [3.63, 3.8) is 0 Å². The molecule has 0 aliphatic rings. The van der Waals surface area contributed by atoms with Crippen molar-refractivity contribution in [2.45, 2.75) is 25.8 Å². The van der Waals surface area contributed by atoms with Gasteiger partial charge < -0.3 is 5.32 Å². The van der Waals surface area contributed by atoms with Gasteiger partial charge in [-0.15, -0.1) is 11.3 Å². The molecule has 2 aromatic rings. The standard InChI is InChI=1S/C14H16BrFN2S/c1-2-6-18-13(7-10-8-17-9-19-10)14-11(15)4-3-5-12(14)16/h3-5,8-9,13,18H,2,6-7H2,1H3. The first-order valence-corrected chi connectivity index (χ1v) is 7.94. The molecule has 0 amide bonds. The second kappa shape index (κ2) is 7.12. The van der Waals surface area contributed by atoms with E-state index in [9.17, 15) is 4.39 Å². The Labute approximate surface area is 125 Å². The van der Waals surface area contributed by atoms with E-state index in [4.69, 9.17) is 0 Å². The van der Waals surface area contributed by atoms with Crippen LogP contribution in [0.3, 0.4) is 0 Å². The van der Waals surface area contributed by atoms with Gasteiger partial charge in [0, 0.05) is 33.6 Å². The van der Waals surface area contributed by atoms with E-state index in [1.807, 2.05) is 17.8 Å². The summed E-state index contributed by atoms with van der Waals surface area (Å²) in [4.78, 5) is 5.24. The number of thiazole rings is 1. The highest BCUT2D eigenvalue weighted by Gasteiger charge is 2.19. The van der Waals surface area contributed by atoms with E-state index in [2.05, 4.69) is 33.2 Å². The number of halogens is 2. The maximum absolute atomic E-state index is 14.1. The molecule has 0 fully saturated rings. The zero-order valence-electron chi connectivity index (χ0n) is 10.7. The number of nitrogens with one attached hydrogen (secondary N) is 1. The van der Waals surface area contributed by atoms with Crippen LogP contribution in [0.4, 0.5) is 4.39 Å². The van der Waals surface area contributed by atoms with Gasteiger partial charge in [-0.3, -0.25) is 4.98 Å². The highest BCUT2D eigenvalue weighted by Crippen LogP contribution is 2.29. The van der Waals surface area contributed by atoms with Gasteiger partial charge in [0.15, 0.2) is 0 Å². The van der Waals surface area contributed by atoms with Crippen molar-refractivity contribution in [2.75, 3.05) is 6.54 Å². The average molecular weight is 343 g/mol. The summed E-state index contributed by atoms with van der Waals surface area (Å²) in [5, 5.41) is 3.41. The third kappa shape index (κ3) is 3.84. The third-order valence-electron chi connectivity index (χ3n) is 2.88. The van der Waals surface area contributed by atoms with E-state index >= 15 is 0 Å². The lowest BCUT2D eigenvalue weighted by Gasteiger charge is -2.20. The Morgan fingerprint density at radius 1 is 1.47 bits per heavy atom. The summed E-state index contributed by atoms with van der Waals surface area (Å²) in [6, 6.07) is 5.07. The van der Waals surface area contributed by atoms with Crippen LogP contribution in [0.25, 0.3) is 0 Å². The lowest BCUT2D eigenvalue weighted by atomic mass is 10.0. The molecule has 0 spiro atoms. The molecule has 19 heavy (non-hydrogen) atoms. The van der Waals surface area contributed by atoms with Crippen molar-refractivity contribution in [2.24, 2.45) is 0 Å². The number of aromatic nitrogens is 1. The Bertz CT molecular complexity index is 496. The van der Waals surface area contributed by atoms with Crippen molar-refractivity contribution < 1.29 is 4.39 Å². The Kier molecular flexibility index (Phi) is 5.48. The quantitative estimate of drug-likeness (QED) is 0.845. The minimum Gasteiger partial charge on any atom is -0.309 e. The van der Waals surface area contributed by atoms with E-state index in [0.29, 0.717) is 5.56 Å². The molecule has 1 N–H and O–H groups in total. The zero-order valence-corrected chi connectivity index (χ0v) is 13.1. The van der Waals surface area contributed by atoms with Crippen molar-refractivity contribution in [1.29, 1.82) is 0 Å². The van der Waals surface area contributed by atoms with E-state index in [0.717, 1.165) is 28.7 Å². The molecular formula is C14H16BrFN2S. The van der Waals surface area contributed by atoms with Crippen molar-refractivity contribution >= 4 is 27.3 Å². The van der Waals surface area contributed by atoms with Gasteiger partial charge in [-0.05, 0) is 25.1 Å². The van der Waals surface area contributed by atoms with E-state index in [1.54, 1.807) is 17.4 Å². The van der Waals surface area contributed by atoms with E-state index in [-0.39, 0.29) is 11.9 Å². The van der Waals surface area contributed by atoms with E-state index < -0.39 is 0 Å². The number of hydrogen-bond acceptors (Lipinski definition) is 3. The van der Waals surface area contributed by atoms with Crippen molar-refractivity contribution in [3.05, 3.63) is 50.6 Å². The first-order chi connectivity index (χ1) is 9.22. The highest BCUT2D eigenvalue weighted by molar-refractivity contribution is 9.10. The fourth-order valence-electron chi connectivity index (χ4n) is 1.98. The number of benzene rings is 1. The van der Waals surface area contributed by atoms with Crippen molar-refractivity contribution in [1.82, 2.24) is 10.3 Å². The SMILES string of the molecule is CCCNC(Cc1cncs1)c1c(F)cccc1Br. The summed E-state index contributed by atoms with van der Waals surface area (Å²) in [6.45, 7) is 2.97. The summed E-state index contributed by atoms with van der Waals surface area (Å²) in [6.07, 6.45) is 3.62. The van der Waals surface area contributed by atoms with Gasteiger partial charge in [-0.2, -0.15) is 0 Å². The van der Waals surface area contributed by atoms with Crippen LogP contribution in [-0.2, 0) is 6.42 Å². The van der Waals surface area contributed by atoms with Gasteiger partial charge in [-0.25, -0.2) is 4.39 Å². The van der Waals surface area contributed by atoms with Gasteiger partial charge in [0.05, 0.1) is 5.51 Å². The summed E-state index contributed by atoms with van der Waals surface area (Å²) >= 11 is 5.05. The fraction of sp³-hybridized carbons (Fsp3) is 0.357. The molecule has 2 rings (SSSR count). The monoisotopic (exact) mass is 342 g/mol. The third-order valence-corrected chi connectivity index (χ3v) is 4.37. The molecule has 0 saturated carbocycles. The maximum Gasteiger partial charge on any atom is 0.129 e. The zero-order chi connectivity index (χ0) is 13.7. The predicted molar refractivity (Wildman–Crippen MR) is 81.0 cm³/mol. The van der Waals surface area contributed by atoms with Crippen molar-refractivity contribution in [3.8, 4) is 0 Å². The van der Waals surface area contributed by atoms with Crippen LogP contribution in [0.15, 0.2) is 34.4 Å². The van der Waals surface area contributed by atoms with Gasteiger partial charge in [0.25, 0.3) is 0 Å². The molecular weight excluding hydrogens is 327 g/mol. The number of nitrogens with zero attached hydrogens (tertiary/aromatic N) is 1. The first-order valence-electron chi connectivity index (χ1n) is 6.27. The minimum atomic E-state index is -0.174. The van der Waals surface area contributed by atoms with Crippen LogP contribution in [-0.4, -0.2) is 11.5 Å². The van der Waals surface area contributed by atoms with Crippen LogP contribution in [0.1, 0.15) is 29.8 Å². The molecule has 1 unspecified atom stereocenters. The largest absolute Gasteiger partial charge is 0.309 e. The fourth-order valence-corrected chi connectivity index (χ4v) is 3.24. The molecule has 0 bridgehead atoms. The maximum atomic E-state index is 14.1. The van der Waals surface area contributed by atoms with Crippen LogP contribution < -0.4 is 5.32 Å². The average Bonchev–Trinajstić information content (AvgIpc) is 2.88. The summed E-state index contributed by atoms with van der Waals surface area (Å²) in [5.74, 6) is -0.174. The van der Waals surface area contributed by atoms with Crippen LogP contribution in [0.5, 0.6) is 0 Å². The molecule has 0 radical (unpaired) electrons. The first kappa shape index (κ1) is 14.6. The minimum absolute atomic E-state index is 0.0315. The molecule has 0 saturated heterocycles. The number of rotatable bonds is 6. The van der Waals surface area contributed by atoms with Gasteiger partial charge in [0.1, 0.15) is 5.82 Å². The van der Waals surface area contributed by atoms with Crippen LogP contribution in [0.2, 0.25) is 0 Å². The summed E-state index contributed by atoms with van der Waals surface area (Å²) in [5.41, 5.74) is 2.51. The molecule has 1 aromatic carbocycles. The Morgan fingerprint density at radius 3 is 2.95 bits per heavy atom. The predicted octanol–water partition coefficient (Wildman–Crippen LogP) is 4.33. The molecule has 1 atom stereocenters. The second-order valence-electron chi connectivity index (χ2n) is 4.31. The van der Waals surface area contributed by atoms with E-state index in [1.165, 1.54) is 6.07 Å².